The third-order valence-corrected chi connectivity index (χ3v) is 2.28. The monoisotopic (exact) mass is 277 g/mol. The molecule has 0 aliphatic carbocycles. The van der Waals surface area contributed by atoms with Crippen LogP contribution in [0.1, 0.15) is 27.7 Å². The first kappa shape index (κ1) is 12.2. The molecule has 0 aliphatic rings. The Bertz CT molecular complexity index is 395. The average Bonchev–Trinajstić information content (AvgIpc) is 2.30. The second kappa shape index (κ2) is 3.92. The zero-order valence-electron chi connectivity index (χ0n) is 9.06. The van der Waals surface area contributed by atoms with Crippen molar-refractivity contribution in [2.24, 2.45) is 0 Å². The number of hydrogen-bond acceptors (Lipinski definition) is 2. The molecule has 0 unspecified atom stereocenters. The van der Waals surface area contributed by atoms with E-state index < -0.39 is 11.5 Å². The van der Waals surface area contributed by atoms with Crippen LogP contribution in [0.15, 0.2) is 4.60 Å². The lowest BCUT2D eigenvalue weighted by Crippen LogP contribution is -2.25. The Hall–Kier alpha value is -0.910. The SMILES string of the molecule is CC(=O)Nc1c(Br)nn(C(C)(C)C)c1F. The number of carbonyl (C=O) groups is 1. The highest BCUT2D eigenvalue weighted by Gasteiger charge is 2.24. The molecule has 0 spiro atoms. The molecule has 0 aromatic carbocycles. The van der Waals surface area contributed by atoms with Crippen molar-refractivity contribution in [1.29, 1.82) is 0 Å². The van der Waals surface area contributed by atoms with Crippen molar-refractivity contribution in [3.8, 4) is 0 Å². The van der Waals surface area contributed by atoms with Crippen molar-refractivity contribution in [1.82, 2.24) is 9.78 Å². The van der Waals surface area contributed by atoms with E-state index in [2.05, 4.69) is 26.3 Å². The maximum Gasteiger partial charge on any atom is 0.237 e. The summed E-state index contributed by atoms with van der Waals surface area (Å²) < 4.78 is 15.3. The Labute approximate surface area is 96.0 Å². The van der Waals surface area contributed by atoms with Crippen LogP contribution in [0.2, 0.25) is 0 Å². The molecule has 0 aliphatic heterocycles. The summed E-state index contributed by atoms with van der Waals surface area (Å²) in [5, 5.41) is 6.37. The number of rotatable bonds is 1. The molecule has 1 heterocycles. The summed E-state index contributed by atoms with van der Waals surface area (Å²) in [5.74, 6) is -0.882. The van der Waals surface area contributed by atoms with Crippen molar-refractivity contribution in [2.75, 3.05) is 5.32 Å². The molecule has 4 nitrogen and oxygen atoms in total. The number of nitrogens with one attached hydrogen (secondary N) is 1. The largest absolute Gasteiger partial charge is 0.320 e. The predicted molar refractivity (Wildman–Crippen MR) is 59.2 cm³/mol. The first-order chi connectivity index (χ1) is 6.73. The first-order valence-electron chi connectivity index (χ1n) is 4.45. The molecular weight excluding hydrogens is 265 g/mol. The minimum Gasteiger partial charge on any atom is -0.320 e. The number of anilines is 1. The molecule has 1 N–H and O–H groups in total. The van der Waals surface area contributed by atoms with Gasteiger partial charge in [-0.1, -0.05) is 0 Å². The average molecular weight is 278 g/mol. The minimum atomic E-state index is -0.551. The second-order valence-corrected chi connectivity index (χ2v) is 4.97. The van der Waals surface area contributed by atoms with Gasteiger partial charge in [0.05, 0.1) is 5.54 Å². The molecule has 0 fully saturated rings. The number of nitrogens with zero attached hydrogens (tertiary/aromatic N) is 2. The van der Waals surface area contributed by atoms with Gasteiger partial charge in [-0.3, -0.25) is 4.79 Å². The molecule has 1 amide bonds. The van der Waals surface area contributed by atoms with Crippen LogP contribution in [0, 0.1) is 5.95 Å². The fourth-order valence-corrected chi connectivity index (χ4v) is 1.52. The molecule has 15 heavy (non-hydrogen) atoms. The van der Waals surface area contributed by atoms with Gasteiger partial charge in [-0.25, -0.2) is 4.68 Å². The van der Waals surface area contributed by atoms with E-state index in [1.165, 1.54) is 11.6 Å². The quantitative estimate of drug-likeness (QED) is 0.858. The Balaban J connectivity index is 3.21. The molecule has 1 aromatic heterocycles. The van der Waals surface area contributed by atoms with Gasteiger partial charge in [-0.2, -0.15) is 9.49 Å². The van der Waals surface area contributed by atoms with E-state index >= 15 is 0 Å². The Kier molecular flexibility index (Phi) is 3.18. The summed E-state index contributed by atoms with van der Waals surface area (Å²) in [6.07, 6.45) is 0. The highest BCUT2D eigenvalue weighted by atomic mass is 79.9. The molecule has 0 atom stereocenters. The number of hydrogen-bond donors (Lipinski definition) is 1. The molecule has 0 saturated carbocycles. The predicted octanol–water partition coefficient (Wildman–Crippen LogP) is 2.50. The van der Waals surface area contributed by atoms with Crippen LogP contribution in [0.25, 0.3) is 0 Å². The molecular formula is C9H13BrFN3O. The summed E-state index contributed by atoms with van der Waals surface area (Å²) in [5.41, 5.74) is -0.388. The van der Waals surface area contributed by atoms with Crippen LogP contribution in [0.3, 0.4) is 0 Å². The molecule has 1 aromatic rings. The van der Waals surface area contributed by atoms with E-state index in [0.29, 0.717) is 4.60 Å². The number of halogens is 2. The molecule has 84 valence electrons. The first-order valence-corrected chi connectivity index (χ1v) is 5.25. The Morgan fingerprint density at radius 1 is 1.53 bits per heavy atom. The van der Waals surface area contributed by atoms with Crippen LogP contribution >= 0.6 is 15.9 Å². The van der Waals surface area contributed by atoms with Crippen LogP contribution < -0.4 is 5.32 Å². The van der Waals surface area contributed by atoms with Gasteiger partial charge in [0.25, 0.3) is 0 Å². The lowest BCUT2D eigenvalue weighted by Gasteiger charge is -2.19. The molecule has 6 heteroatoms. The molecule has 0 saturated heterocycles. The zero-order chi connectivity index (χ0) is 11.8. The fraction of sp³-hybridized carbons (Fsp3) is 0.556. The van der Waals surface area contributed by atoms with Crippen molar-refractivity contribution >= 4 is 27.5 Å². The van der Waals surface area contributed by atoms with Gasteiger partial charge < -0.3 is 5.32 Å². The Morgan fingerprint density at radius 3 is 2.40 bits per heavy atom. The second-order valence-electron chi connectivity index (χ2n) is 4.22. The van der Waals surface area contributed by atoms with Crippen LogP contribution in [-0.2, 0) is 10.3 Å². The highest BCUT2D eigenvalue weighted by Crippen LogP contribution is 2.28. The lowest BCUT2D eigenvalue weighted by molar-refractivity contribution is -0.114. The van der Waals surface area contributed by atoms with Gasteiger partial charge in [0.2, 0.25) is 11.9 Å². The van der Waals surface area contributed by atoms with Crippen LogP contribution in [0.5, 0.6) is 0 Å². The number of amides is 1. The van der Waals surface area contributed by atoms with Crippen molar-refractivity contribution in [3.05, 3.63) is 10.6 Å². The molecule has 1 rings (SSSR count). The maximum atomic E-state index is 13.8. The van der Waals surface area contributed by atoms with E-state index in [1.54, 1.807) is 0 Å². The van der Waals surface area contributed by atoms with E-state index in [4.69, 9.17) is 0 Å². The van der Waals surface area contributed by atoms with Crippen molar-refractivity contribution < 1.29 is 9.18 Å². The third kappa shape index (κ3) is 2.56. The van der Waals surface area contributed by atoms with Gasteiger partial charge in [-0.05, 0) is 36.7 Å². The van der Waals surface area contributed by atoms with E-state index in [9.17, 15) is 9.18 Å². The zero-order valence-corrected chi connectivity index (χ0v) is 10.6. The highest BCUT2D eigenvalue weighted by molar-refractivity contribution is 9.10. The molecule has 0 bridgehead atoms. The van der Waals surface area contributed by atoms with E-state index in [1.807, 2.05) is 20.8 Å². The third-order valence-electron chi connectivity index (χ3n) is 1.72. The van der Waals surface area contributed by atoms with Gasteiger partial charge >= 0.3 is 0 Å². The number of aromatic nitrogens is 2. The van der Waals surface area contributed by atoms with E-state index in [-0.39, 0.29) is 11.6 Å². The minimum absolute atomic E-state index is 0.0809. The lowest BCUT2D eigenvalue weighted by atomic mass is 10.1. The van der Waals surface area contributed by atoms with Gasteiger partial charge in [0.15, 0.2) is 4.60 Å². The van der Waals surface area contributed by atoms with Gasteiger partial charge in [0.1, 0.15) is 5.69 Å². The number of carbonyl (C=O) groups excluding carboxylic acids is 1. The smallest absolute Gasteiger partial charge is 0.237 e. The standard InChI is InChI=1S/C9H13BrFN3O/c1-5(15)12-6-7(10)13-14(8(6)11)9(2,3)4/h1-4H3,(H,12,15). The summed E-state index contributed by atoms with van der Waals surface area (Å²) in [6, 6.07) is 0. The van der Waals surface area contributed by atoms with E-state index in [0.717, 1.165) is 0 Å². The Morgan fingerprint density at radius 2 is 2.07 bits per heavy atom. The molecule has 0 radical (unpaired) electrons. The topological polar surface area (TPSA) is 46.9 Å². The summed E-state index contributed by atoms with van der Waals surface area (Å²) in [6.45, 7) is 6.80. The van der Waals surface area contributed by atoms with Crippen LogP contribution in [0.4, 0.5) is 10.1 Å². The normalized spacial score (nSPS) is 11.6. The fourth-order valence-electron chi connectivity index (χ4n) is 1.10. The summed E-state index contributed by atoms with van der Waals surface area (Å²) >= 11 is 3.10. The summed E-state index contributed by atoms with van der Waals surface area (Å²) in [4.78, 5) is 10.8. The van der Waals surface area contributed by atoms with Crippen molar-refractivity contribution in [2.45, 2.75) is 33.2 Å². The van der Waals surface area contributed by atoms with Gasteiger partial charge in [0, 0.05) is 6.92 Å². The van der Waals surface area contributed by atoms with Crippen LogP contribution in [-0.4, -0.2) is 15.7 Å². The van der Waals surface area contributed by atoms with Gasteiger partial charge in [-0.15, -0.1) is 0 Å². The van der Waals surface area contributed by atoms with Crippen molar-refractivity contribution in [3.63, 3.8) is 0 Å². The maximum absolute atomic E-state index is 13.8. The summed E-state index contributed by atoms with van der Waals surface area (Å²) in [7, 11) is 0.